The Bertz CT molecular complexity index is 293. The Labute approximate surface area is 162 Å². The van der Waals surface area contributed by atoms with Crippen LogP contribution in [0.3, 0.4) is 0 Å². The predicted octanol–water partition coefficient (Wildman–Crippen LogP) is 0.607. The molecule has 0 N–H and O–H groups in total. The molecule has 6 heteroatoms. The van der Waals surface area contributed by atoms with Crippen molar-refractivity contribution in [2.24, 2.45) is 0 Å². The molecule has 0 saturated carbocycles. The number of allylic oxidation sites excluding steroid dienone is 2. The van der Waals surface area contributed by atoms with Crippen molar-refractivity contribution >= 4 is 11.6 Å². The molecule has 84 valence electrons. The number of rotatable bonds is 4. The van der Waals surface area contributed by atoms with Crippen LogP contribution >= 0.6 is 0 Å². The van der Waals surface area contributed by atoms with Gasteiger partial charge in [-0.25, -0.2) is 14.2 Å². The van der Waals surface area contributed by atoms with Gasteiger partial charge in [0.25, 0.3) is 0 Å². The molecule has 0 atom stereocenters. The first-order valence-corrected chi connectivity index (χ1v) is 3.92. The SMILES string of the molecule is [CH2-]OCC1=CC(=O)C=C(CO[CH2-])C1=O.[Ce].[Ce]. The van der Waals surface area contributed by atoms with Crippen LogP contribution in [-0.2, 0) is 19.1 Å². The van der Waals surface area contributed by atoms with E-state index in [0.29, 0.717) is 11.1 Å². The molecule has 0 bridgehead atoms. The van der Waals surface area contributed by atoms with Crippen LogP contribution in [0.15, 0.2) is 23.3 Å². The molecular weight excluding hydrogens is 464 g/mol. The normalized spacial score (nSPS) is 14.6. The van der Waals surface area contributed by atoms with Gasteiger partial charge in [-0.2, -0.15) is 0 Å². The summed E-state index contributed by atoms with van der Waals surface area (Å²) in [4.78, 5) is 22.7. The second-order valence-electron chi connectivity index (χ2n) is 2.77. The number of Topliss-reactive ketones (excluding diaryl/α,β-unsaturated/α-hetero) is 1. The molecule has 1 aliphatic carbocycles. The number of hydrogen-bond donors (Lipinski definition) is 0. The second kappa shape index (κ2) is 10.4. The van der Waals surface area contributed by atoms with Gasteiger partial charge in [-0.3, -0.25) is 9.59 Å². The molecule has 0 aromatic carbocycles. The first-order chi connectivity index (χ1) is 6.69. The number of hydrogen-bond acceptors (Lipinski definition) is 4. The van der Waals surface area contributed by atoms with Gasteiger partial charge in [0.1, 0.15) is 0 Å². The van der Waals surface area contributed by atoms with E-state index in [1.54, 1.807) is 0 Å². The monoisotopic (exact) mass is 474 g/mol. The van der Waals surface area contributed by atoms with Gasteiger partial charge in [-0.05, 0) is 12.2 Å². The molecule has 0 aromatic heterocycles. The zero-order chi connectivity index (χ0) is 10.6. The van der Waals surface area contributed by atoms with Crippen LogP contribution in [0, 0.1) is 97.7 Å². The standard InChI is InChI=1S/C10H10O4.2Ce/c1-13-5-7-3-9(11)4-8(6-14-2)10(7)12;;/h3-4H,1-2,5-6H2;;/q-2;;. The zero-order valence-electron chi connectivity index (χ0n) is 8.62. The molecule has 1 rings (SSSR count). The molecule has 0 radical (unpaired) electrons. The van der Waals surface area contributed by atoms with Gasteiger partial charge in [-0.15, -0.1) is 0 Å². The third kappa shape index (κ3) is 5.90. The summed E-state index contributed by atoms with van der Waals surface area (Å²) in [6, 6.07) is 0. The topological polar surface area (TPSA) is 52.6 Å². The quantitative estimate of drug-likeness (QED) is 0.443. The first-order valence-electron chi connectivity index (χ1n) is 3.92. The Morgan fingerprint density at radius 2 is 1.31 bits per heavy atom. The maximum absolute atomic E-state index is 11.5. The number of carbonyl (C=O) groups excluding carboxylic acids is 2. The van der Waals surface area contributed by atoms with Crippen molar-refractivity contribution in [2.45, 2.75) is 0 Å². The summed E-state index contributed by atoms with van der Waals surface area (Å²) in [5, 5.41) is 0. The summed E-state index contributed by atoms with van der Waals surface area (Å²) in [5.74, 6) is -0.499. The summed E-state index contributed by atoms with van der Waals surface area (Å²) >= 11 is 0. The summed E-state index contributed by atoms with van der Waals surface area (Å²) in [5.41, 5.74) is 0.582. The largest absolute Gasteiger partial charge is 0.552 e. The van der Waals surface area contributed by atoms with E-state index in [1.807, 2.05) is 0 Å². The average Bonchev–Trinajstić information content (AvgIpc) is 2.14. The van der Waals surface area contributed by atoms with E-state index in [2.05, 4.69) is 23.7 Å². The maximum Gasteiger partial charge on any atom is 0.189 e. The van der Waals surface area contributed by atoms with Crippen molar-refractivity contribution in [2.75, 3.05) is 13.2 Å². The van der Waals surface area contributed by atoms with Crippen LogP contribution in [0.25, 0.3) is 0 Å². The summed E-state index contributed by atoms with van der Waals surface area (Å²) in [6.07, 6.45) is 2.47. The van der Waals surface area contributed by atoms with Gasteiger partial charge in [0.05, 0.1) is 0 Å². The van der Waals surface area contributed by atoms with E-state index in [9.17, 15) is 9.59 Å². The minimum Gasteiger partial charge on any atom is -0.552 e. The van der Waals surface area contributed by atoms with E-state index in [4.69, 9.17) is 0 Å². The Balaban J connectivity index is 0. The van der Waals surface area contributed by atoms with E-state index in [1.165, 1.54) is 12.2 Å². The van der Waals surface area contributed by atoms with Crippen LogP contribution in [-0.4, -0.2) is 24.8 Å². The fourth-order valence-corrected chi connectivity index (χ4v) is 1.16. The summed E-state index contributed by atoms with van der Waals surface area (Å²) in [6.45, 7) is 0.0537. The molecule has 0 amide bonds. The minimum atomic E-state index is -0.253. The third-order valence-corrected chi connectivity index (χ3v) is 1.73. The smallest absolute Gasteiger partial charge is 0.189 e. The molecular formula is C10H10Ce2O4-2. The van der Waals surface area contributed by atoms with Crippen LogP contribution in [0.2, 0.25) is 0 Å². The van der Waals surface area contributed by atoms with Crippen molar-refractivity contribution < 1.29 is 103 Å². The Morgan fingerprint density at radius 3 is 1.62 bits per heavy atom. The molecule has 0 saturated heterocycles. The van der Waals surface area contributed by atoms with Gasteiger partial charge >= 0.3 is 0 Å². The van der Waals surface area contributed by atoms with E-state index >= 15 is 0 Å². The van der Waals surface area contributed by atoms with E-state index in [0.717, 1.165) is 0 Å². The van der Waals surface area contributed by atoms with Gasteiger partial charge in [-0.1, -0.05) is 0 Å². The molecule has 0 aliphatic heterocycles. The fourth-order valence-electron chi connectivity index (χ4n) is 1.16. The average molecular weight is 474 g/mol. The Morgan fingerprint density at radius 1 is 0.938 bits per heavy atom. The molecule has 0 spiro atoms. The van der Waals surface area contributed by atoms with Crippen LogP contribution in [0.5, 0.6) is 0 Å². The molecule has 1 aliphatic rings. The number of ketones is 2. The van der Waals surface area contributed by atoms with Crippen LogP contribution in [0.1, 0.15) is 0 Å². The van der Waals surface area contributed by atoms with Gasteiger partial charge in [0, 0.05) is 108 Å². The predicted molar refractivity (Wildman–Crippen MR) is 48.8 cm³/mol. The van der Waals surface area contributed by atoms with Crippen molar-refractivity contribution in [3.63, 3.8) is 0 Å². The Kier molecular flexibility index (Phi) is 12.9. The summed E-state index contributed by atoms with van der Waals surface area (Å²) in [7, 11) is 6.29. The molecule has 0 aromatic rings. The van der Waals surface area contributed by atoms with Gasteiger partial charge in [0.2, 0.25) is 0 Å². The Hall–Kier alpha value is 1.49. The molecule has 16 heavy (non-hydrogen) atoms. The first kappa shape index (κ1) is 19.8. The molecule has 0 unspecified atom stereocenters. The van der Waals surface area contributed by atoms with Crippen molar-refractivity contribution in [1.82, 2.24) is 0 Å². The second-order valence-corrected chi connectivity index (χ2v) is 2.77. The van der Waals surface area contributed by atoms with E-state index < -0.39 is 0 Å². The summed E-state index contributed by atoms with van der Waals surface area (Å²) < 4.78 is 9.10. The van der Waals surface area contributed by atoms with Crippen molar-refractivity contribution in [1.29, 1.82) is 0 Å². The maximum atomic E-state index is 11.5. The number of carbonyl (C=O) groups is 2. The van der Waals surface area contributed by atoms with E-state index in [-0.39, 0.29) is 108 Å². The molecule has 0 heterocycles. The minimum absolute atomic E-state index is 0. The van der Waals surface area contributed by atoms with Crippen LogP contribution < -0.4 is 0 Å². The fraction of sp³-hybridized carbons (Fsp3) is 0.200. The number of ether oxygens (including phenoxy) is 2. The third-order valence-electron chi connectivity index (χ3n) is 1.73. The van der Waals surface area contributed by atoms with Crippen LogP contribution in [0.4, 0.5) is 0 Å². The molecule has 0 fully saturated rings. The molecule has 4 nitrogen and oxygen atoms in total. The zero-order valence-corrected chi connectivity index (χ0v) is 14.9. The van der Waals surface area contributed by atoms with Gasteiger partial charge < -0.3 is 9.47 Å². The van der Waals surface area contributed by atoms with Crippen molar-refractivity contribution in [3.05, 3.63) is 37.5 Å². The van der Waals surface area contributed by atoms with Crippen molar-refractivity contribution in [3.8, 4) is 0 Å². The van der Waals surface area contributed by atoms with Gasteiger partial charge in [0.15, 0.2) is 11.6 Å².